The van der Waals surface area contributed by atoms with E-state index in [2.05, 4.69) is 29.0 Å². The van der Waals surface area contributed by atoms with Gasteiger partial charge in [-0.3, -0.25) is 10.1 Å². The summed E-state index contributed by atoms with van der Waals surface area (Å²) in [5.41, 5.74) is 0. The molecule has 0 aliphatic carbocycles. The maximum Gasteiger partial charge on any atom is 0.241 e. The summed E-state index contributed by atoms with van der Waals surface area (Å²) in [6.07, 6.45) is 8.57. The number of carbonyl (C=O) groups is 1. The van der Waals surface area contributed by atoms with Crippen molar-refractivity contribution in [2.75, 3.05) is 13.1 Å². The first-order chi connectivity index (χ1) is 9.70. The quantitative estimate of drug-likeness (QED) is 0.854. The predicted molar refractivity (Wildman–Crippen MR) is 80.4 cm³/mol. The summed E-state index contributed by atoms with van der Waals surface area (Å²) in [6.45, 7) is 6.81. The van der Waals surface area contributed by atoms with Gasteiger partial charge in [0, 0.05) is 18.6 Å². The van der Waals surface area contributed by atoms with Crippen LogP contribution in [0.25, 0.3) is 0 Å². The Hall–Kier alpha value is -0.610. The first kappa shape index (κ1) is 14.3. The molecular weight excluding hydrogens is 250 g/mol. The van der Waals surface area contributed by atoms with E-state index in [-0.39, 0.29) is 12.2 Å². The lowest BCUT2D eigenvalue weighted by atomic mass is 9.95. The highest BCUT2D eigenvalue weighted by atomic mass is 16.2. The van der Waals surface area contributed by atoms with Crippen LogP contribution in [0, 0.1) is 0 Å². The van der Waals surface area contributed by atoms with Crippen LogP contribution < -0.4 is 5.32 Å². The molecule has 0 spiro atoms. The number of fused-ring (bicyclic) bond motifs is 1. The lowest BCUT2D eigenvalue weighted by Gasteiger charge is -2.40. The van der Waals surface area contributed by atoms with Crippen LogP contribution in [0.15, 0.2) is 0 Å². The standard InChI is InChI=1S/C16H29N3O/c1-3-4-7-15-16(20)19(12(2)17-15)14-8-10-18-9-5-6-13(18)11-14/h12-15,17H,3-11H2,1-2H3. The van der Waals surface area contributed by atoms with Crippen LogP contribution >= 0.6 is 0 Å². The topological polar surface area (TPSA) is 35.6 Å². The second-order valence-electron chi connectivity index (χ2n) is 6.79. The Bertz CT molecular complexity index is 360. The zero-order valence-electron chi connectivity index (χ0n) is 13.0. The second-order valence-corrected chi connectivity index (χ2v) is 6.79. The molecule has 114 valence electrons. The summed E-state index contributed by atoms with van der Waals surface area (Å²) in [4.78, 5) is 17.5. The molecule has 0 saturated carbocycles. The van der Waals surface area contributed by atoms with Crippen LogP contribution in [0.4, 0.5) is 0 Å². The van der Waals surface area contributed by atoms with Gasteiger partial charge in [-0.25, -0.2) is 0 Å². The Morgan fingerprint density at radius 2 is 2.10 bits per heavy atom. The van der Waals surface area contributed by atoms with E-state index in [1.807, 2.05) is 0 Å². The van der Waals surface area contributed by atoms with Crippen molar-refractivity contribution in [3.63, 3.8) is 0 Å². The van der Waals surface area contributed by atoms with Gasteiger partial charge in [0.1, 0.15) is 0 Å². The second kappa shape index (κ2) is 6.02. The predicted octanol–water partition coefficient (Wildman–Crippen LogP) is 1.95. The zero-order chi connectivity index (χ0) is 14.1. The lowest BCUT2D eigenvalue weighted by Crippen LogP contribution is -2.51. The number of piperidine rings is 1. The number of amides is 1. The molecule has 0 bridgehead atoms. The van der Waals surface area contributed by atoms with Gasteiger partial charge >= 0.3 is 0 Å². The Morgan fingerprint density at radius 3 is 2.90 bits per heavy atom. The lowest BCUT2D eigenvalue weighted by molar-refractivity contribution is -0.133. The van der Waals surface area contributed by atoms with Crippen molar-refractivity contribution in [2.24, 2.45) is 0 Å². The fourth-order valence-electron chi connectivity index (χ4n) is 4.38. The van der Waals surface area contributed by atoms with Gasteiger partial charge in [0.15, 0.2) is 0 Å². The molecule has 4 atom stereocenters. The van der Waals surface area contributed by atoms with Crippen LogP contribution in [0.1, 0.15) is 58.8 Å². The van der Waals surface area contributed by atoms with E-state index < -0.39 is 0 Å². The van der Waals surface area contributed by atoms with Crippen LogP contribution in [0.3, 0.4) is 0 Å². The van der Waals surface area contributed by atoms with E-state index in [0.717, 1.165) is 25.3 Å². The molecule has 0 aromatic heterocycles. The summed E-state index contributed by atoms with van der Waals surface area (Å²) >= 11 is 0. The summed E-state index contributed by atoms with van der Waals surface area (Å²) in [5.74, 6) is 0.363. The molecule has 3 heterocycles. The first-order valence-corrected chi connectivity index (χ1v) is 8.53. The molecule has 3 saturated heterocycles. The molecule has 1 amide bonds. The SMILES string of the molecule is CCCCC1NC(C)N(C2CCN3CCCC3C2)C1=O. The highest BCUT2D eigenvalue weighted by molar-refractivity contribution is 5.84. The van der Waals surface area contributed by atoms with Gasteiger partial charge in [-0.1, -0.05) is 19.8 Å². The number of carbonyl (C=O) groups excluding carboxylic acids is 1. The van der Waals surface area contributed by atoms with Gasteiger partial charge in [-0.05, 0) is 45.6 Å². The van der Waals surface area contributed by atoms with Crippen molar-refractivity contribution in [2.45, 2.75) is 83.1 Å². The Labute approximate surface area is 122 Å². The minimum absolute atomic E-state index is 0.0755. The molecule has 0 radical (unpaired) electrons. The van der Waals surface area contributed by atoms with E-state index in [1.165, 1.54) is 38.8 Å². The minimum atomic E-state index is 0.0755. The minimum Gasteiger partial charge on any atom is -0.323 e. The van der Waals surface area contributed by atoms with Crippen molar-refractivity contribution in [1.29, 1.82) is 0 Å². The smallest absolute Gasteiger partial charge is 0.241 e. The fraction of sp³-hybridized carbons (Fsp3) is 0.938. The Balaban J connectivity index is 1.62. The molecule has 0 aromatic carbocycles. The highest BCUT2D eigenvalue weighted by Crippen LogP contribution is 2.31. The third-order valence-corrected chi connectivity index (χ3v) is 5.44. The number of hydrogen-bond donors (Lipinski definition) is 1. The van der Waals surface area contributed by atoms with Crippen molar-refractivity contribution in [1.82, 2.24) is 15.1 Å². The van der Waals surface area contributed by atoms with Crippen LogP contribution in [0.2, 0.25) is 0 Å². The number of rotatable bonds is 4. The number of hydrogen-bond acceptors (Lipinski definition) is 3. The maximum absolute atomic E-state index is 12.7. The number of nitrogens with one attached hydrogen (secondary N) is 1. The monoisotopic (exact) mass is 279 g/mol. The summed E-state index contributed by atoms with van der Waals surface area (Å²) in [6, 6.07) is 1.28. The number of unbranched alkanes of at least 4 members (excludes halogenated alkanes) is 1. The molecule has 3 fully saturated rings. The number of nitrogens with zero attached hydrogens (tertiary/aromatic N) is 2. The summed E-state index contributed by atoms with van der Waals surface area (Å²) < 4.78 is 0. The zero-order valence-corrected chi connectivity index (χ0v) is 13.0. The van der Waals surface area contributed by atoms with Gasteiger partial charge in [-0.2, -0.15) is 0 Å². The van der Waals surface area contributed by atoms with Gasteiger partial charge in [-0.15, -0.1) is 0 Å². The molecule has 3 rings (SSSR count). The molecule has 4 unspecified atom stereocenters. The van der Waals surface area contributed by atoms with Gasteiger partial charge in [0.2, 0.25) is 5.91 Å². The van der Waals surface area contributed by atoms with Gasteiger partial charge < -0.3 is 9.80 Å². The highest BCUT2D eigenvalue weighted by Gasteiger charge is 2.43. The van der Waals surface area contributed by atoms with Gasteiger partial charge in [0.05, 0.1) is 12.2 Å². The molecular formula is C16H29N3O. The molecule has 4 heteroatoms. The van der Waals surface area contributed by atoms with E-state index in [4.69, 9.17) is 0 Å². The third kappa shape index (κ3) is 2.60. The third-order valence-electron chi connectivity index (χ3n) is 5.44. The molecule has 3 aliphatic heterocycles. The van der Waals surface area contributed by atoms with E-state index in [9.17, 15) is 4.79 Å². The maximum atomic E-state index is 12.7. The van der Waals surface area contributed by atoms with E-state index >= 15 is 0 Å². The first-order valence-electron chi connectivity index (χ1n) is 8.53. The van der Waals surface area contributed by atoms with E-state index in [0.29, 0.717) is 11.9 Å². The molecule has 20 heavy (non-hydrogen) atoms. The van der Waals surface area contributed by atoms with Crippen molar-refractivity contribution < 1.29 is 4.79 Å². The van der Waals surface area contributed by atoms with E-state index in [1.54, 1.807) is 0 Å². The van der Waals surface area contributed by atoms with Crippen LogP contribution in [-0.4, -0.2) is 53.1 Å². The Kier molecular flexibility index (Phi) is 4.32. The Morgan fingerprint density at radius 1 is 1.25 bits per heavy atom. The molecule has 4 nitrogen and oxygen atoms in total. The fourth-order valence-corrected chi connectivity index (χ4v) is 4.38. The average molecular weight is 279 g/mol. The van der Waals surface area contributed by atoms with Gasteiger partial charge in [0.25, 0.3) is 0 Å². The molecule has 1 N–H and O–H groups in total. The summed E-state index contributed by atoms with van der Waals surface area (Å²) in [7, 11) is 0. The largest absolute Gasteiger partial charge is 0.323 e. The van der Waals surface area contributed by atoms with Crippen molar-refractivity contribution in [3.05, 3.63) is 0 Å². The summed E-state index contributed by atoms with van der Waals surface area (Å²) in [5, 5.41) is 3.51. The average Bonchev–Trinajstić information content (AvgIpc) is 3.00. The molecule has 0 aromatic rings. The van der Waals surface area contributed by atoms with Crippen LogP contribution in [-0.2, 0) is 4.79 Å². The van der Waals surface area contributed by atoms with Crippen molar-refractivity contribution >= 4 is 5.91 Å². The van der Waals surface area contributed by atoms with Crippen LogP contribution in [0.5, 0.6) is 0 Å². The van der Waals surface area contributed by atoms with Crippen molar-refractivity contribution in [3.8, 4) is 0 Å². The molecule has 3 aliphatic rings. The normalized spacial score (nSPS) is 38.5.